The maximum atomic E-state index is 16.7. The van der Waals surface area contributed by atoms with Gasteiger partial charge in [-0.2, -0.15) is 5.10 Å². The number of benzene rings is 4. The lowest BCUT2D eigenvalue weighted by Crippen LogP contribution is -2.50. The van der Waals surface area contributed by atoms with Crippen LogP contribution in [-0.2, 0) is 26.5 Å². The first-order valence-electron chi connectivity index (χ1n) is 22.9. The minimum Gasteiger partial charge on any atom is -0.493 e. The number of hydrogen-bond acceptors (Lipinski definition) is 12. The number of likely N-dealkylation sites (tertiary alicyclic amines) is 1. The molecule has 3 fully saturated rings. The molecule has 4 aliphatic rings. The Morgan fingerprint density at radius 3 is 2.30 bits per heavy atom. The fourth-order valence-corrected chi connectivity index (χ4v) is 11.1. The van der Waals surface area contributed by atoms with Crippen molar-refractivity contribution in [3.8, 4) is 23.0 Å². The molecule has 352 valence electrons. The zero-order chi connectivity index (χ0) is 47.2. The molecule has 5 heterocycles. The number of piperidine rings is 3. The van der Waals surface area contributed by atoms with E-state index in [4.69, 9.17) is 14.2 Å². The van der Waals surface area contributed by atoms with Gasteiger partial charge in [0.25, 0.3) is 11.8 Å². The first-order chi connectivity index (χ1) is 32.1. The summed E-state index contributed by atoms with van der Waals surface area (Å²) < 4.78 is 61.3. The molecule has 4 aliphatic heterocycles. The lowest BCUT2D eigenvalue weighted by Gasteiger charge is -2.42. The van der Waals surface area contributed by atoms with Gasteiger partial charge in [0.05, 0.1) is 59.5 Å². The van der Waals surface area contributed by atoms with Crippen molar-refractivity contribution in [2.45, 2.75) is 69.0 Å². The molecule has 17 heteroatoms. The van der Waals surface area contributed by atoms with Crippen molar-refractivity contribution in [1.82, 2.24) is 24.9 Å². The highest BCUT2D eigenvalue weighted by atomic mass is 32.2. The summed E-state index contributed by atoms with van der Waals surface area (Å²) in [5.41, 5.74) is 2.59. The summed E-state index contributed by atoms with van der Waals surface area (Å²) in [5, 5.41) is 7.89. The Hall–Kier alpha value is -6.33. The van der Waals surface area contributed by atoms with Crippen LogP contribution in [0.5, 0.6) is 23.0 Å². The Bertz CT molecular complexity index is 2850. The van der Waals surface area contributed by atoms with Crippen LogP contribution in [-0.4, -0.2) is 116 Å². The van der Waals surface area contributed by atoms with Crippen molar-refractivity contribution in [2.24, 2.45) is 7.05 Å². The summed E-state index contributed by atoms with van der Waals surface area (Å²) in [5.74, 6) is -0.269. The Morgan fingerprint density at radius 1 is 0.881 bits per heavy atom. The average Bonchev–Trinajstić information content (AvgIpc) is 3.76. The van der Waals surface area contributed by atoms with Gasteiger partial charge in [-0.05, 0) is 105 Å². The fraction of sp³-hybridized carbons (Fsp3) is 0.420. The molecule has 1 N–H and O–H groups in total. The van der Waals surface area contributed by atoms with E-state index in [0.717, 1.165) is 48.0 Å². The molecule has 3 saturated heterocycles. The Balaban J connectivity index is 0.801. The number of sulfone groups is 1. The normalized spacial score (nSPS) is 19.7. The van der Waals surface area contributed by atoms with Crippen LogP contribution in [0, 0.1) is 0 Å². The third-order valence-corrected chi connectivity index (χ3v) is 14.6. The number of alkyl halides is 1. The predicted octanol–water partition coefficient (Wildman–Crippen LogP) is 6.86. The number of anilines is 1. The van der Waals surface area contributed by atoms with E-state index in [0.29, 0.717) is 78.5 Å². The largest absolute Gasteiger partial charge is 0.493 e. The summed E-state index contributed by atoms with van der Waals surface area (Å²) in [6.07, 6.45) is 4.06. The number of imide groups is 2. The number of ether oxygens (including phenoxy) is 3. The van der Waals surface area contributed by atoms with Crippen LogP contribution >= 0.6 is 0 Å². The van der Waals surface area contributed by atoms with Crippen LogP contribution in [0.1, 0.15) is 101 Å². The highest BCUT2D eigenvalue weighted by molar-refractivity contribution is 7.90. The quantitative estimate of drug-likeness (QED) is 0.115. The van der Waals surface area contributed by atoms with Crippen LogP contribution in [0.15, 0.2) is 78.9 Å². The van der Waals surface area contributed by atoms with Crippen molar-refractivity contribution in [2.75, 3.05) is 63.3 Å². The molecule has 2 atom stereocenters. The van der Waals surface area contributed by atoms with Gasteiger partial charge >= 0.3 is 0 Å². The Morgan fingerprint density at radius 2 is 1.61 bits per heavy atom. The summed E-state index contributed by atoms with van der Waals surface area (Å²) in [7, 11) is -0.358. The molecule has 0 saturated carbocycles. The van der Waals surface area contributed by atoms with Crippen LogP contribution < -0.4 is 24.4 Å². The molecule has 0 radical (unpaired) electrons. The van der Waals surface area contributed by atoms with E-state index in [2.05, 4.69) is 27.4 Å². The number of methoxy groups -OCH3 is 1. The van der Waals surface area contributed by atoms with Crippen LogP contribution in [0.4, 0.5) is 10.1 Å². The standard InChI is InChI=1S/C50H55FN6O9S/c1-5-65-43-27-33(11-17-42(43)64-3)41(29-67(4,62)63)57-48(60)37-7-6-8-39(45(37)49(57)61)56-25-21-50(51,22-26-56)30-55-23-19-32(20-24-55)31-9-12-34(13-10-31)66-35-14-15-36-40(28-35)54(2)53-46(36)38-16-18-44(58)52-47(38)59/h6-15,17,27-28,32,38,41H,5,16,18-26,29-30H2,1-4H3,(H,52,58,59)/t38?,41-/m1/s1. The second-order valence-corrected chi connectivity index (χ2v) is 20.4. The van der Waals surface area contributed by atoms with E-state index in [9.17, 15) is 27.6 Å². The van der Waals surface area contributed by atoms with Gasteiger partial charge in [-0.3, -0.25) is 34.1 Å². The number of carbonyl (C=O) groups excluding carboxylic acids is 4. The van der Waals surface area contributed by atoms with E-state index in [1.807, 2.05) is 42.3 Å². The second-order valence-electron chi connectivity index (χ2n) is 18.2. The summed E-state index contributed by atoms with van der Waals surface area (Å²) >= 11 is 0. The summed E-state index contributed by atoms with van der Waals surface area (Å²) in [6, 6.07) is 22.6. The molecule has 1 unspecified atom stereocenters. The number of amides is 4. The topological polar surface area (TPSA) is 170 Å². The van der Waals surface area contributed by atoms with Crippen molar-refractivity contribution < 1.29 is 46.2 Å². The average molecular weight is 935 g/mol. The highest BCUT2D eigenvalue weighted by Gasteiger charge is 2.45. The van der Waals surface area contributed by atoms with E-state index in [-0.39, 0.29) is 42.2 Å². The molecule has 5 aromatic rings. The van der Waals surface area contributed by atoms with Gasteiger partial charge in [-0.1, -0.05) is 24.3 Å². The van der Waals surface area contributed by atoms with Crippen molar-refractivity contribution >= 4 is 50.1 Å². The molecule has 4 aromatic carbocycles. The van der Waals surface area contributed by atoms with Gasteiger partial charge in [0.1, 0.15) is 27.0 Å². The number of aromatic nitrogens is 2. The van der Waals surface area contributed by atoms with Crippen LogP contribution in [0.25, 0.3) is 10.9 Å². The molecule has 0 aliphatic carbocycles. The number of halogens is 1. The first-order valence-corrected chi connectivity index (χ1v) is 24.9. The van der Waals surface area contributed by atoms with Crippen molar-refractivity contribution in [1.29, 1.82) is 0 Å². The van der Waals surface area contributed by atoms with Crippen molar-refractivity contribution in [3.63, 3.8) is 0 Å². The second kappa shape index (κ2) is 18.4. The van der Waals surface area contributed by atoms with Gasteiger partial charge in [0.15, 0.2) is 11.5 Å². The van der Waals surface area contributed by atoms with Gasteiger partial charge in [-0.25, -0.2) is 12.8 Å². The number of carbonyl (C=O) groups is 4. The molecule has 15 nitrogen and oxygen atoms in total. The molecular weight excluding hydrogens is 880 g/mol. The number of nitrogens with one attached hydrogen (secondary N) is 1. The maximum Gasteiger partial charge on any atom is 0.264 e. The zero-order valence-electron chi connectivity index (χ0n) is 38.1. The van der Waals surface area contributed by atoms with E-state index >= 15 is 4.39 Å². The lowest BCUT2D eigenvalue weighted by atomic mass is 9.87. The number of hydrogen-bond donors (Lipinski definition) is 1. The molecule has 1 aromatic heterocycles. The van der Waals surface area contributed by atoms with Gasteiger partial charge in [0.2, 0.25) is 11.8 Å². The van der Waals surface area contributed by atoms with E-state index < -0.39 is 45.0 Å². The van der Waals surface area contributed by atoms with Gasteiger partial charge in [0, 0.05) is 63.7 Å². The molecule has 0 bridgehead atoms. The molecule has 0 spiro atoms. The molecule has 67 heavy (non-hydrogen) atoms. The van der Waals surface area contributed by atoms with E-state index in [1.165, 1.54) is 12.7 Å². The molecular formula is C50H55FN6O9S. The van der Waals surface area contributed by atoms with E-state index in [1.54, 1.807) is 48.0 Å². The van der Waals surface area contributed by atoms with Gasteiger partial charge in [-0.15, -0.1) is 0 Å². The molecule has 4 amide bonds. The van der Waals surface area contributed by atoms with Crippen LogP contribution in [0.3, 0.4) is 0 Å². The van der Waals surface area contributed by atoms with Crippen molar-refractivity contribution in [3.05, 3.63) is 107 Å². The third-order valence-electron chi connectivity index (χ3n) is 13.7. The maximum absolute atomic E-state index is 16.7. The molecule has 9 rings (SSSR count). The predicted molar refractivity (Wildman–Crippen MR) is 250 cm³/mol. The Kier molecular flexibility index (Phi) is 12.6. The monoisotopic (exact) mass is 934 g/mol. The minimum absolute atomic E-state index is 0.188. The number of aryl methyl sites for hydroxylation is 1. The van der Waals surface area contributed by atoms with Crippen LogP contribution in [0.2, 0.25) is 0 Å². The number of fused-ring (bicyclic) bond motifs is 2. The smallest absolute Gasteiger partial charge is 0.264 e. The summed E-state index contributed by atoms with van der Waals surface area (Å²) in [4.78, 5) is 57.8. The number of nitrogens with zero attached hydrogens (tertiary/aromatic N) is 5. The summed E-state index contributed by atoms with van der Waals surface area (Å²) in [6.45, 7) is 4.66. The highest BCUT2D eigenvalue weighted by Crippen LogP contribution is 2.42. The van der Waals surface area contributed by atoms with Gasteiger partial charge < -0.3 is 24.0 Å². The SMILES string of the molecule is CCOc1cc([C@@H](CS(C)(=O)=O)N2C(=O)c3cccc(N4CCC(F)(CN5CCC(c6ccc(Oc7ccc8c(C9CCC(=O)NC9=O)nn(C)c8c7)cc6)CC5)CC4)c3C2=O)ccc1OC. The zero-order valence-corrected chi connectivity index (χ0v) is 38.9. The fourth-order valence-electron chi connectivity index (χ4n) is 10.2. The third kappa shape index (κ3) is 9.35. The lowest BCUT2D eigenvalue weighted by molar-refractivity contribution is -0.134. The first kappa shape index (κ1) is 45.8. The Labute approximate surface area is 389 Å². The minimum atomic E-state index is -3.67. The number of rotatable bonds is 14.